The standard InChI is InChI=1S/C15H15N5O3S/c21-12-8-11-16-14(10-4-3-7-23-10)17-15(20(11)18-12)24-9-13(22)19-5-1-2-6-19/h3-4,7-8H,1-2,5-6,9H2,(H,18,21). The molecule has 0 spiro atoms. The zero-order chi connectivity index (χ0) is 16.5. The van der Waals surface area contributed by atoms with Gasteiger partial charge >= 0.3 is 0 Å². The fraction of sp³-hybridized carbons (Fsp3) is 0.333. The summed E-state index contributed by atoms with van der Waals surface area (Å²) >= 11 is 1.28. The molecular formula is C15H15N5O3S. The molecule has 4 rings (SSSR count). The Morgan fingerprint density at radius 2 is 2.17 bits per heavy atom. The molecule has 1 N–H and O–H groups in total. The van der Waals surface area contributed by atoms with Gasteiger partial charge in [0.25, 0.3) is 5.56 Å². The molecule has 0 saturated carbocycles. The summed E-state index contributed by atoms with van der Waals surface area (Å²) in [6.07, 6.45) is 3.65. The third-order valence-electron chi connectivity index (χ3n) is 3.85. The molecule has 124 valence electrons. The van der Waals surface area contributed by atoms with Crippen molar-refractivity contribution in [1.82, 2.24) is 24.5 Å². The van der Waals surface area contributed by atoms with Crippen molar-refractivity contribution in [3.8, 4) is 11.6 Å². The highest BCUT2D eigenvalue weighted by atomic mass is 32.2. The number of fused-ring (bicyclic) bond motifs is 1. The van der Waals surface area contributed by atoms with Gasteiger partial charge in [-0.25, -0.2) is 9.50 Å². The number of rotatable bonds is 4. The van der Waals surface area contributed by atoms with Crippen LogP contribution in [0.2, 0.25) is 0 Å². The van der Waals surface area contributed by atoms with E-state index < -0.39 is 0 Å². The van der Waals surface area contributed by atoms with E-state index in [0.29, 0.717) is 22.4 Å². The predicted molar refractivity (Wildman–Crippen MR) is 87.8 cm³/mol. The lowest BCUT2D eigenvalue weighted by Gasteiger charge is -2.14. The van der Waals surface area contributed by atoms with Gasteiger partial charge in [-0.05, 0) is 25.0 Å². The number of furan rings is 1. The average Bonchev–Trinajstić information content (AvgIpc) is 3.30. The molecule has 9 heteroatoms. The van der Waals surface area contributed by atoms with Gasteiger partial charge in [0, 0.05) is 19.2 Å². The van der Waals surface area contributed by atoms with E-state index in [1.807, 2.05) is 4.90 Å². The Balaban J connectivity index is 1.65. The molecule has 1 aliphatic heterocycles. The van der Waals surface area contributed by atoms with Crippen molar-refractivity contribution >= 4 is 23.3 Å². The zero-order valence-corrected chi connectivity index (χ0v) is 13.6. The summed E-state index contributed by atoms with van der Waals surface area (Å²) in [5.74, 6) is 1.25. The van der Waals surface area contributed by atoms with Crippen LogP contribution in [0, 0.1) is 0 Å². The summed E-state index contributed by atoms with van der Waals surface area (Å²) < 4.78 is 6.83. The van der Waals surface area contributed by atoms with Crippen molar-refractivity contribution in [1.29, 1.82) is 0 Å². The number of hydrogen-bond acceptors (Lipinski definition) is 6. The third kappa shape index (κ3) is 2.82. The summed E-state index contributed by atoms with van der Waals surface area (Å²) in [4.78, 5) is 34.5. The van der Waals surface area contributed by atoms with E-state index in [-0.39, 0.29) is 17.2 Å². The Bertz CT molecular complexity index is 924. The number of nitrogens with zero attached hydrogens (tertiary/aromatic N) is 4. The Kier molecular flexibility index (Phi) is 3.85. The number of hydrogen-bond donors (Lipinski definition) is 1. The highest BCUT2D eigenvalue weighted by molar-refractivity contribution is 7.99. The van der Waals surface area contributed by atoms with E-state index in [4.69, 9.17) is 4.42 Å². The fourth-order valence-electron chi connectivity index (χ4n) is 2.68. The summed E-state index contributed by atoms with van der Waals surface area (Å²) in [6, 6.07) is 4.89. The van der Waals surface area contributed by atoms with Gasteiger partial charge in [-0.3, -0.25) is 14.7 Å². The molecule has 0 aromatic carbocycles. The first-order valence-corrected chi connectivity index (χ1v) is 8.63. The average molecular weight is 345 g/mol. The van der Waals surface area contributed by atoms with Gasteiger partial charge in [-0.15, -0.1) is 0 Å². The van der Waals surface area contributed by atoms with Crippen LogP contribution < -0.4 is 5.56 Å². The van der Waals surface area contributed by atoms with Gasteiger partial charge in [-0.1, -0.05) is 11.8 Å². The van der Waals surface area contributed by atoms with Gasteiger partial charge in [0.1, 0.15) is 0 Å². The molecule has 1 aliphatic rings. The van der Waals surface area contributed by atoms with E-state index >= 15 is 0 Å². The lowest BCUT2D eigenvalue weighted by Crippen LogP contribution is -2.29. The second-order valence-electron chi connectivity index (χ2n) is 5.50. The minimum absolute atomic E-state index is 0.0818. The van der Waals surface area contributed by atoms with Crippen molar-refractivity contribution in [3.05, 3.63) is 34.8 Å². The smallest absolute Gasteiger partial charge is 0.266 e. The van der Waals surface area contributed by atoms with E-state index in [0.717, 1.165) is 25.9 Å². The molecule has 0 aliphatic carbocycles. The largest absolute Gasteiger partial charge is 0.461 e. The molecule has 24 heavy (non-hydrogen) atoms. The van der Waals surface area contributed by atoms with Gasteiger partial charge in [0.15, 0.2) is 22.4 Å². The summed E-state index contributed by atoms with van der Waals surface area (Å²) in [7, 11) is 0. The number of likely N-dealkylation sites (tertiary alicyclic amines) is 1. The maximum absolute atomic E-state index is 12.2. The Morgan fingerprint density at radius 3 is 2.92 bits per heavy atom. The van der Waals surface area contributed by atoms with Crippen LogP contribution in [0.25, 0.3) is 17.2 Å². The van der Waals surface area contributed by atoms with Gasteiger partial charge in [0.2, 0.25) is 5.91 Å². The molecule has 3 aromatic rings. The normalized spacial score (nSPS) is 14.6. The minimum atomic E-state index is -0.270. The first kappa shape index (κ1) is 15.0. The summed E-state index contributed by atoms with van der Waals surface area (Å²) in [5.41, 5.74) is 0.172. The Hall–Kier alpha value is -2.55. The van der Waals surface area contributed by atoms with E-state index in [9.17, 15) is 9.59 Å². The SMILES string of the molecule is O=C(CSc1nc(-c2ccco2)nc2cc(=O)[nH]n12)N1CCCC1. The van der Waals surface area contributed by atoms with Crippen LogP contribution in [0.5, 0.6) is 0 Å². The predicted octanol–water partition coefficient (Wildman–Crippen LogP) is 1.39. The van der Waals surface area contributed by atoms with Crippen LogP contribution in [-0.2, 0) is 4.79 Å². The number of amides is 1. The maximum Gasteiger partial charge on any atom is 0.266 e. The first-order chi connectivity index (χ1) is 11.7. The number of thioether (sulfide) groups is 1. The van der Waals surface area contributed by atoms with Crippen LogP contribution in [0.4, 0.5) is 0 Å². The van der Waals surface area contributed by atoms with E-state index in [2.05, 4.69) is 15.1 Å². The highest BCUT2D eigenvalue weighted by Gasteiger charge is 2.19. The molecule has 1 saturated heterocycles. The molecule has 0 atom stereocenters. The number of nitrogens with one attached hydrogen (secondary N) is 1. The highest BCUT2D eigenvalue weighted by Crippen LogP contribution is 2.22. The molecule has 0 bridgehead atoms. The van der Waals surface area contributed by atoms with E-state index in [1.165, 1.54) is 28.6 Å². The van der Waals surface area contributed by atoms with Crippen molar-refractivity contribution < 1.29 is 9.21 Å². The lowest BCUT2D eigenvalue weighted by molar-refractivity contribution is -0.127. The minimum Gasteiger partial charge on any atom is -0.461 e. The third-order valence-corrected chi connectivity index (χ3v) is 4.77. The second-order valence-corrected chi connectivity index (χ2v) is 6.44. The topological polar surface area (TPSA) is 96.5 Å². The van der Waals surface area contributed by atoms with Crippen LogP contribution in [0.15, 0.2) is 38.8 Å². The van der Waals surface area contributed by atoms with Crippen LogP contribution in [0.1, 0.15) is 12.8 Å². The van der Waals surface area contributed by atoms with E-state index in [1.54, 1.807) is 12.1 Å². The number of carbonyl (C=O) groups is 1. The Morgan fingerprint density at radius 1 is 1.33 bits per heavy atom. The number of carbonyl (C=O) groups excluding carboxylic acids is 1. The summed E-state index contributed by atoms with van der Waals surface area (Å²) in [5, 5.41) is 3.15. The van der Waals surface area contributed by atoms with Crippen molar-refractivity contribution in [3.63, 3.8) is 0 Å². The Labute approximate surface area is 140 Å². The van der Waals surface area contributed by atoms with Crippen LogP contribution in [-0.4, -0.2) is 49.2 Å². The lowest BCUT2D eigenvalue weighted by atomic mass is 10.4. The molecule has 8 nitrogen and oxygen atoms in total. The van der Waals surface area contributed by atoms with Crippen molar-refractivity contribution in [2.45, 2.75) is 18.0 Å². The number of H-pyrrole nitrogens is 1. The second kappa shape index (κ2) is 6.16. The molecule has 0 unspecified atom stereocenters. The van der Waals surface area contributed by atoms with Gasteiger partial charge in [0.05, 0.1) is 12.0 Å². The number of aromatic amines is 1. The molecule has 3 aromatic heterocycles. The quantitative estimate of drug-likeness (QED) is 0.718. The first-order valence-electron chi connectivity index (χ1n) is 7.65. The monoisotopic (exact) mass is 345 g/mol. The van der Waals surface area contributed by atoms with Crippen LogP contribution in [0.3, 0.4) is 0 Å². The molecule has 4 heterocycles. The summed E-state index contributed by atoms with van der Waals surface area (Å²) in [6.45, 7) is 1.63. The van der Waals surface area contributed by atoms with Crippen molar-refractivity contribution in [2.24, 2.45) is 0 Å². The molecule has 0 radical (unpaired) electrons. The molecule has 1 amide bonds. The number of aromatic nitrogens is 4. The fourth-order valence-corrected chi connectivity index (χ4v) is 3.54. The maximum atomic E-state index is 12.2. The van der Waals surface area contributed by atoms with Crippen LogP contribution >= 0.6 is 11.8 Å². The van der Waals surface area contributed by atoms with Crippen molar-refractivity contribution in [2.75, 3.05) is 18.8 Å². The van der Waals surface area contributed by atoms with Gasteiger partial charge in [-0.2, -0.15) is 4.98 Å². The zero-order valence-electron chi connectivity index (χ0n) is 12.8. The molecule has 1 fully saturated rings. The molecular weight excluding hydrogens is 330 g/mol. The van der Waals surface area contributed by atoms with Gasteiger partial charge < -0.3 is 9.32 Å².